The molecule has 0 saturated carbocycles. The molecule has 4 nitrogen and oxygen atoms in total. The Hall–Kier alpha value is -2.83. The molecule has 2 amide bonds. The quantitative estimate of drug-likeness (QED) is 0.273. The number of carbonyl (C=O) groups excluding carboxylic acids is 2. The van der Waals surface area contributed by atoms with Crippen LogP contribution in [-0.2, 0) is 22.6 Å². The molecular formula is C29H32ClFN2O2S. The third-order valence-electron chi connectivity index (χ3n) is 5.94. The lowest BCUT2D eigenvalue weighted by Gasteiger charge is -2.32. The third kappa shape index (κ3) is 8.68. The van der Waals surface area contributed by atoms with Crippen LogP contribution in [0, 0.1) is 5.82 Å². The molecule has 0 bridgehead atoms. The Morgan fingerprint density at radius 2 is 1.64 bits per heavy atom. The molecule has 3 rings (SSSR count). The van der Waals surface area contributed by atoms with E-state index in [1.54, 1.807) is 28.8 Å². The van der Waals surface area contributed by atoms with Crippen molar-refractivity contribution in [3.8, 4) is 0 Å². The van der Waals surface area contributed by atoms with E-state index in [0.717, 1.165) is 22.4 Å². The van der Waals surface area contributed by atoms with Gasteiger partial charge in [-0.05, 0) is 60.9 Å². The van der Waals surface area contributed by atoms with Crippen molar-refractivity contribution in [2.75, 3.05) is 5.75 Å². The predicted molar refractivity (Wildman–Crippen MR) is 146 cm³/mol. The minimum atomic E-state index is -0.695. The van der Waals surface area contributed by atoms with Crippen LogP contribution >= 0.6 is 23.4 Å². The van der Waals surface area contributed by atoms with E-state index in [4.69, 9.17) is 11.6 Å². The van der Waals surface area contributed by atoms with E-state index in [-0.39, 0.29) is 36.6 Å². The molecule has 7 heteroatoms. The minimum Gasteiger partial charge on any atom is -0.352 e. The second kappa shape index (κ2) is 14.0. The standard InChI is InChI=1S/C29H32ClFN2O2S/c1-3-21(2)32-29(35)27(19-22-7-5-4-6-8-22)33(20-23-9-13-25(31)14-10-23)28(34)17-18-36-26-15-11-24(30)12-16-26/h4-16,21,27H,3,17-20H2,1-2H3,(H,32,35)/t21-,27+/m0/s1. The lowest BCUT2D eigenvalue weighted by molar-refractivity contribution is -0.141. The lowest BCUT2D eigenvalue weighted by Crippen LogP contribution is -2.52. The van der Waals surface area contributed by atoms with E-state index in [2.05, 4.69) is 5.32 Å². The number of thioether (sulfide) groups is 1. The first-order valence-corrected chi connectivity index (χ1v) is 13.5. The van der Waals surface area contributed by atoms with Crippen LogP contribution < -0.4 is 5.32 Å². The number of halogens is 2. The predicted octanol–water partition coefficient (Wildman–Crippen LogP) is 6.52. The van der Waals surface area contributed by atoms with E-state index >= 15 is 0 Å². The highest BCUT2D eigenvalue weighted by molar-refractivity contribution is 7.99. The number of rotatable bonds is 12. The SMILES string of the molecule is CC[C@H](C)NC(=O)[C@@H](Cc1ccccc1)N(Cc1ccc(F)cc1)C(=O)CCSc1ccc(Cl)cc1. The van der Waals surface area contributed by atoms with E-state index < -0.39 is 6.04 Å². The number of nitrogens with zero attached hydrogens (tertiary/aromatic N) is 1. The summed E-state index contributed by atoms with van der Waals surface area (Å²) in [7, 11) is 0. The average Bonchev–Trinajstić information content (AvgIpc) is 2.88. The van der Waals surface area contributed by atoms with Crippen LogP contribution in [0.5, 0.6) is 0 Å². The van der Waals surface area contributed by atoms with Crippen molar-refractivity contribution in [2.45, 2.75) is 56.6 Å². The second-order valence-corrected chi connectivity index (χ2v) is 10.3. The fourth-order valence-electron chi connectivity index (χ4n) is 3.71. The number of carbonyl (C=O) groups is 2. The van der Waals surface area contributed by atoms with Gasteiger partial charge in [-0.15, -0.1) is 11.8 Å². The van der Waals surface area contributed by atoms with Crippen LogP contribution in [0.4, 0.5) is 4.39 Å². The van der Waals surface area contributed by atoms with Gasteiger partial charge in [0.1, 0.15) is 11.9 Å². The maximum absolute atomic E-state index is 13.6. The van der Waals surface area contributed by atoms with Gasteiger partial charge in [0.15, 0.2) is 0 Å². The Balaban J connectivity index is 1.84. The van der Waals surface area contributed by atoms with E-state index in [1.165, 1.54) is 12.1 Å². The summed E-state index contributed by atoms with van der Waals surface area (Å²) in [5.74, 6) is -0.0906. The average molecular weight is 527 g/mol. The fraction of sp³-hybridized carbons (Fsp3) is 0.310. The highest BCUT2D eigenvalue weighted by Crippen LogP contribution is 2.23. The normalized spacial score (nSPS) is 12.6. The van der Waals surface area contributed by atoms with Crippen molar-refractivity contribution in [3.05, 3.63) is 101 Å². The van der Waals surface area contributed by atoms with E-state index in [1.807, 2.05) is 68.4 Å². The summed E-state index contributed by atoms with van der Waals surface area (Å²) >= 11 is 7.54. The van der Waals surface area contributed by atoms with Crippen molar-refractivity contribution < 1.29 is 14.0 Å². The van der Waals surface area contributed by atoms with Crippen molar-refractivity contribution in [3.63, 3.8) is 0 Å². The first kappa shape index (κ1) is 27.8. The molecule has 0 spiro atoms. The first-order chi connectivity index (χ1) is 17.4. The van der Waals surface area contributed by atoms with Crippen LogP contribution in [0.3, 0.4) is 0 Å². The highest BCUT2D eigenvalue weighted by Gasteiger charge is 2.30. The molecule has 190 valence electrons. The molecule has 0 saturated heterocycles. The van der Waals surface area contributed by atoms with Crippen LogP contribution in [0.2, 0.25) is 5.02 Å². The van der Waals surface area contributed by atoms with Gasteiger partial charge >= 0.3 is 0 Å². The highest BCUT2D eigenvalue weighted by atomic mass is 35.5. The largest absolute Gasteiger partial charge is 0.352 e. The number of benzene rings is 3. The maximum Gasteiger partial charge on any atom is 0.243 e. The minimum absolute atomic E-state index is 0.0148. The van der Waals surface area contributed by atoms with Crippen LogP contribution in [0.25, 0.3) is 0 Å². The van der Waals surface area contributed by atoms with Crippen molar-refractivity contribution in [1.82, 2.24) is 10.2 Å². The monoisotopic (exact) mass is 526 g/mol. The molecule has 0 aliphatic carbocycles. The molecular weight excluding hydrogens is 495 g/mol. The zero-order chi connectivity index (χ0) is 25.9. The molecule has 0 aliphatic rings. The Kier molecular flexibility index (Phi) is 10.8. The third-order valence-corrected chi connectivity index (χ3v) is 7.20. The van der Waals surface area contributed by atoms with Gasteiger partial charge < -0.3 is 10.2 Å². The second-order valence-electron chi connectivity index (χ2n) is 8.72. The van der Waals surface area contributed by atoms with Gasteiger partial charge in [0, 0.05) is 41.1 Å². The summed E-state index contributed by atoms with van der Waals surface area (Å²) in [6, 6.07) is 22.5. The van der Waals surface area contributed by atoms with Crippen LogP contribution in [0.1, 0.15) is 37.8 Å². The smallest absolute Gasteiger partial charge is 0.243 e. The summed E-state index contributed by atoms with van der Waals surface area (Å²) in [6.45, 7) is 4.18. The summed E-state index contributed by atoms with van der Waals surface area (Å²) in [5.41, 5.74) is 1.73. The molecule has 0 heterocycles. The van der Waals surface area contributed by atoms with Gasteiger partial charge in [0.2, 0.25) is 11.8 Å². The Bertz CT molecular complexity index is 1110. The molecule has 0 unspecified atom stereocenters. The maximum atomic E-state index is 13.6. The van der Waals surface area contributed by atoms with Crippen molar-refractivity contribution >= 4 is 35.2 Å². The zero-order valence-corrected chi connectivity index (χ0v) is 22.2. The Morgan fingerprint density at radius 3 is 2.28 bits per heavy atom. The van der Waals surface area contributed by atoms with Crippen LogP contribution in [-0.4, -0.2) is 34.6 Å². The summed E-state index contributed by atoms with van der Waals surface area (Å²) in [4.78, 5) is 29.7. The fourth-order valence-corrected chi connectivity index (χ4v) is 4.68. The molecule has 2 atom stereocenters. The number of hydrogen-bond acceptors (Lipinski definition) is 3. The Labute approximate surface area is 222 Å². The van der Waals surface area contributed by atoms with Crippen LogP contribution in [0.15, 0.2) is 83.8 Å². The Morgan fingerprint density at radius 1 is 0.972 bits per heavy atom. The van der Waals surface area contributed by atoms with Gasteiger partial charge in [-0.1, -0.05) is 61.0 Å². The molecule has 3 aromatic carbocycles. The van der Waals surface area contributed by atoms with Gasteiger partial charge in [-0.25, -0.2) is 4.39 Å². The lowest BCUT2D eigenvalue weighted by atomic mass is 10.0. The molecule has 1 N–H and O–H groups in total. The zero-order valence-electron chi connectivity index (χ0n) is 20.6. The van der Waals surface area contributed by atoms with Crippen molar-refractivity contribution in [1.29, 1.82) is 0 Å². The summed E-state index contributed by atoms with van der Waals surface area (Å²) < 4.78 is 13.5. The summed E-state index contributed by atoms with van der Waals surface area (Å²) in [5, 5.41) is 3.72. The summed E-state index contributed by atoms with van der Waals surface area (Å²) in [6.07, 6.45) is 1.43. The van der Waals surface area contributed by atoms with E-state index in [9.17, 15) is 14.0 Å². The molecule has 0 aromatic heterocycles. The van der Waals surface area contributed by atoms with Crippen molar-refractivity contribution in [2.24, 2.45) is 0 Å². The van der Waals surface area contributed by atoms with Gasteiger partial charge in [-0.3, -0.25) is 9.59 Å². The van der Waals surface area contributed by atoms with Gasteiger partial charge in [0.25, 0.3) is 0 Å². The number of hydrogen-bond donors (Lipinski definition) is 1. The number of nitrogens with one attached hydrogen (secondary N) is 1. The molecule has 3 aromatic rings. The van der Waals surface area contributed by atoms with Gasteiger partial charge in [0.05, 0.1) is 0 Å². The number of amides is 2. The molecule has 36 heavy (non-hydrogen) atoms. The van der Waals surface area contributed by atoms with E-state index in [0.29, 0.717) is 17.2 Å². The molecule has 0 aliphatic heterocycles. The molecule has 0 fully saturated rings. The molecule has 0 radical (unpaired) electrons. The first-order valence-electron chi connectivity index (χ1n) is 12.1. The topological polar surface area (TPSA) is 49.4 Å². The van der Waals surface area contributed by atoms with Gasteiger partial charge in [-0.2, -0.15) is 0 Å².